The molecule has 28 heavy (non-hydrogen) atoms. The van der Waals surface area contributed by atoms with Crippen LogP contribution in [0.3, 0.4) is 0 Å². The molecule has 6 nitrogen and oxygen atoms in total. The second kappa shape index (κ2) is 7.37. The maximum Gasteiger partial charge on any atom is 0.337 e. The maximum atomic E-state index is 13.1. The molecule has 0 saturated carbocycles. The molecule has 142 valence electrons. The molecule has 0 spiro atoms. The van der Waals surface area contributed by atoms with Crippen molar-refractivity contribution >= 4 is 46.3 Å². The highest BCUT2D eigenvalue weighted by molar-refractivity contribution is 8.19. The van der Waals surface area contributed by atoms with Crippen LogP contribution in [0.15, 0.2) is 63.4 Å². The topological polar surface area (TPSA) is 73.7 Å². The Morgan fingerprint density at radius 3 is 2.68 bits per heavy atom. The minimum absolute atomic E-state index is 0.181. The molecule has 8 heteroatoms. The van der Waals surface area contributed by atoms with E-state index >= 15 is 0 Å². The molecule has 2 aromatic rings. The molecule has 1 saturated heterocycles. The Morgan fingerprint density at radius 1 is 1.14 bits per heavy atom. The van der Waals surface area contributed by atoms with E-state index in [1.165, 1.54) is 23.8 Å². The Morgan fingerprint density at radius 2 is 1.93 bits per heavy atom. The number of hydrogen-bond acceptors (Lipinski definition) is 7. The Hall–Kier alpha value is -2.71. The third kappa shape index (κ3) is 3.18. The van der Waals surface area contributed by atoms with E-state index < -0.39 is 5.97 Å². The molecule has 0 bridgehead atoms. The molecule has 2 aliphatic rings. The van der Waals surface area contributed by atoms with Crippen molar-refractivity contribution in [3.8, 4) is 0 Å². The standard InChI is InChI=1S/C20H17N3O3S2/c1-22-14-8-3-4-9-15(14)27-18(22)16-17(24)23(20(21)28-16)11-12-6-5-7-13(10-12)19(25)26-2/h3-10,21H,11H2,1-2H3/b18-16-,21-20?. The zero-order valence-corrected chi connectivity index (χ0v) is 16.9. The molecule has 0 aliphatic carbocycles. The number of nitrogens with one attached hydrogen (secondary N) is 1. The number of methoxy groups -OCH3 is 1. The fraction of sp³-hybridized carbons (Fsp3) is 0.150. The van der Waals surface area contributed by atoms with Gasteiger partial charge in [0.05, 0.1) is 29.9 Å². The molecule has 1 N–H and O–H groups in total. The summed E-state index contributed by atoms with van der Waals surface area (Å²) in [6, 6.07) is 14.9. The average Bonchev–Trinajstić information content (AvgIpc) is 3.19. The molecule has 4 rings (SSSR count). The van der Waals surface area contributed by atoms with E-state index in [4.69, 9.17) is 10.1 Å². The van der Waals surface area contributed by atoms with Gasteiger partial charge in [-0.2, -0.15) is 0 Å². The number of esters is 1. The van der Waals surface area contributed by atoms with Crippen molar-refractivity contribution in [2.75, 3.05) is 19.1 Å². The summed E-state index contributed by atoms with van der Waals surface area (Å²) >= 11 is 2.72. The van der Waals surface area contributed by atoms with E-state index in [2.05, 4.69) is 0 Å². The molecule has 0 radical (unpaired) electrons. The van der Waals surface area contributed by atoms with Gasteiger partial charge in [-0.05, 0) is 41.6 Å². The number of amidine groups is 1. The van der Waals surface area contributed by atoms with Gasteiger partial charge >= 0.3 is 5.97 Å². The molecule has 2 heterocycles. The summed E-state index contributed by atoms with van der Waals surface area (Å²) < 4.78 is 4.75. The normalized spacial score (nSPS) is 18.6. The monoisotopic (exact) mass is 411 g/mol. The third-order valence-electron chi connectivity index (χ3n) is 4.50. The first-order chi connectivity index (χ1) is 13.5. The lowest BCUT2D eigenvalue weighted by Crippen LogP contribution is -2.28. The first-order valence-corrected chi connectivity index (χ1v) is 10.1. The number of para-hydroxylation sites is 1. The number of amides is 1. The summed E-state index contributed by atoms with van der Waals surface area (Å²) in [5, 5.41) is 9.32. The van der Waals surface area contributed by atoms with E-state index in [0.29, 0.717) is 10.5 Å². The van der Waals surface area contributed by atoms with Gasteiger partial charge in [0, 0.05) is 11.9 Å². The van der Waals surface area contributed by atoms with Crippen LogP contribution in [0, 0.1) is 5.41 Å². The van der Waals surface area contributed by atoms with Gasteiger partial charge in [-0.3, -0.25) is 15.1 Å². The SMILES string of the molecule is COC(=O)c1cccc(CN2C(=N)S/C(=C3\Sc4ccccc4N3C)C2=O)c1. The predicted octanol–water partition coefficient (Wildman–Crippen LogP) is 3.89. The van der Waals surface area contributed by atoms with Gasteiger partial charge in [-0.15, -0.1) is 0 Å². The van der Waals surface area contributed by atoms with Crippen molar-refractivity contribution in [1.82, 2.24) is 4.90 Å². The van der Waals surface area contributed by atoms with Crippen molar-refractivity contribution in [2.24, 2.45) is 0 Å². The molecule has 0 aromatic heterocycles. The van der Waals surface area contributed by atoms with Crippen LogP contribution in [-0.2, 0) is 16.1 Å². The minimum atomic E-state index is -0.427. The van der Waals surface area contributed by atoms with Crippen molar-refractivity contribution in [3.63, 3.8) is 0 Å². The summed E-state index contributed by atoms with van der Waals surface area (Å²) in [6.45, 7) is 0.230. The first-order valence-electron chi connectivity index (χ1n) is 8.50. The molecular weight excluding hydrogens is 394 g/mol. The highest BCUT2D eigenvalue weighted by Crippen LogP contribution is 2.49. The fourth-order valence-corrected chi connectivity index (χ4v) is 5.29. The maximum absolute atomic E-state index is 13.1. The number of ether oxygens (including phenoxy) is 1. The number of anilines is 1. The lowest BCUT2D eigenvalue weighted by Gasteiger charge is -2.16. The summed E-state index contributed by atoms with van der Waals surface area (Å²) in [7, 11) is 3.26. The number of carbonyl (C=O) groups is 2. The zero-order chi connectivity index (χ0) is 19.8. The van der Waals surface area contributed by atoms with E-state index in [1.807, 2.05) is 42.3 Å². The molecule has 2 aromatic carbocycles. The minimum Gasteiger partial charge on any atom is -0.465 e. The number of hydrogen-bond donors (Lipinski definition) is 1. The predicted molar refractivity (Wildman–Crippen MR) is 111 cm³/mol. The number of thioether (sulfide) groups is 2. The molecule has 0 atom stereocenters. The summed E-state index contributed by atoms with van der Waals surface area (Å²) in [4.78, 5) is 29.9. The summed E-state index contributed by atoms with van der Waals surface area (Å²) in [5.74, 6) is -0.621. The van der Waals surface area contributed by atoms with Crippen LogP contribution in [-0.4, -0.2) is 36.1 Å². The molecular formula is C20H17N3O3S2. The number of fused-ring (bicyclic) bond motifs is 1. The van der Waals surface area contributed by atoms with Crippen molar-refractivity contribution in [1.29, 1.82) is 5.41 Å². The van der Waals surface area contributed by atoms with Crippen molar-refractivity contribution in [3.05, 3.63) is 69.6 Å². The average molecular weight is 412 g/mol. The van der Waals surface area contributed by atoms with E-state index in [1.54, 1.807) is 30.0 Å². The Kier molecular flexibility index (Phi) is 4.91. The van der Waals surface area contributed by atoms with Crippen LogP contribution in [0.1, 0.15) is 15.9 Å². The van der Waals surface area contributed by atoms with E-state index in [-0.39, 0.29) is 17.6 Å². The Bertz CT molecular complexity index is 1030. The van der Waals surface area contributed by atoms with Crippen LogP contribution < -0.4 is 4.90 Å². The van der Waals surface area contributed by atoms with Crippen LogP contribution in [0.2, 0.25) is 0 Å². The third-order valence-corrected chi connectivity index (χ3v) is 6.86. The number of nitrogens with zero attached hydrogens (tertiary/aromatic N) is 2. The van der Waals surface area contributed by atoms with Gasteiger partial charge < -0.3 is 9.64 Å². The fourth-order valence-electron chi connectivity index (χ4n) is 3.09. The lowest BCUT2D eigenvalue weighted by molar-refractivity contribution is -0.122. The van der Waals surface area contributed by atoms with Gasteiger partial charge in [-0.1, -0.05) is 36.0 Å². The number of rotatable bonds is 3. The second-order valence-electron chi connectivity index (χ2n) is 6.25. The van der Waals surface area contributed by atoms with Crippen molar-refractivity contribution in [2.45, 2.75) is 11.4 Å². The van der Waals surface area contributed by atoms with Gasteiger partial charge in [0.1, 0.15) is 4.91 Å². The highest BCUT2D eigenvalue weighted by atomic mass is 32.2. The molecule has 2 aliphatic heterocycles. The largest absolute Gasteiger partial charge is 0.465 e. The summed E-state index contributed by atoms with van der Waals surface area (Å²) in [5.41, 5.74) is 2.24. The molecule has 0 unspecified atom stereocenters. The van der Waals surface area contributed by atoms with E-state index in [0.717, 1.165) is 21.2 Å². The Labute approximate surface area is 171 Å². The van der Waals surface area contributed by atoms with Crippen molar-refractivity contribution < 1.29 is 14.3 Å². The number of carbonyl (C=O) groups excluding carboxylic acids is 2. The van der Waals surface area contributed by atoms with Gasteiger partial charge in [0.25, 0.3) is 5.91 Å². The quantitative estimate of drug-likeness (QED) is 0.610. The van der Waals surface area contributed by atoms with Gasteiger partial charge in [-0.25, -0.2) is 4.79 Å². The molecule has 1 fully saturated rings. The van der Waals surface area contributed by atoms with Crippen LogP contribution in [0.25, 0.3) is 0 Å². The second-order valence-corrected chi connectivity index (χ2v) is 8.28. The lowest BCUT2D eigenvalue weighted by atomic mass is 10.1. The highest BCUT2D eigenvalue weighted by Gasteiger charge is 2.38. The van der Waals surface area contributed by atoms with Crippen LogP contribution >= 0.6 is 23.5 Å². The van der Waals surface area contributed by atoms with Crippen LogP contribution in [0.5, 0.6) is 0 Å². The first kappa shape index (κ1) is 18.6. The summed E-state index contributed by atoms with van der Waals surface area (Å²) in [6.07, 6.45) is 0. The van der Waals surface area contributed by atoms with Crippen LogP contribution in [0.4, 0.5) is 5.69 Å². The zero-order valence-electron chi connectivity index (χ0n) is 15.3. The Balaban J connectivity index is 1.60. The van der Waals surface area contributed by atoms with E-state index in [9.17, 15) is 9.59 Å². The smallest absolute Gasteiger partial charge is 0.337 e. The molecule has 1 amide bonds. The van der Waals surface area contributed by atoms with Gasteiger partial charge in [0.2, 0.25) is 0 Å². The number of benzene rings is 2. The van der Waals surface area contributed by atoms with Gasteiger partial charge in [0.15, 0.2) is 5.17 Å².